The molecule has 4 heteroatoms. The van der Waals surface area contributed by atoms with Gasteiger partial charge in [-0.05, 0) is 44.4 Å². The molecule has 1 unspecified atom stereocenters. The maximum Gasteiger partial charge on any atom is 0.227 e. The van der Waals surface area contributed by atoms with E-state index in [0.29, 0.717) is 6.42 Å². The van der Waals surface area contributed by atoms with Gasteiger partial charge in [0.2, 0.25) is 5.91 Å². The van der Waals surface area contributed by atoms with Crippen LogP contribution in [0.2, 0.25) is 0 Å². The number of piperidine rings is 1. The van der Waals surface area contributed by atoms with Gasteiger partial charge in [0.1, 0.15) is 0 Å². The molecule has 1 saturated heterocycles. The van der Waals surface area contributed by atoms with E-state index in [2.05, 4.69) is 29.8 Å². The third-order valence-corrected chi connectivity index (χ3v) is 4.60. The van der Waals surface area contributed by atoms with Crippen LogP contribution in [-0.4, -0.2) is 28.9 Å². The first-order valence-corrected chi connectivity index (χ1v) is 7.51. The predicted molar refractivity (Wildman–Crippen MR) is 80.8 cm³/mol. The van der Waals surface area contributed by atoms with E-state index in [1.165, 1.54) is 0 Å². The van der Waals surface area contributed by atoms with Crippen molar-refractivity contribution >= 4 is 21.8 Å². The standard InChI is InChI=1S/C15H21BrN2O/c1-15(2)13(17)4-3-9-18(15)14(19)10-11-5-7-12(16)8-6-11/h5-8,13H,3-4,9-10,17H2,1-2H3. The molecule has 1 aromatic rings. The van der Waals surface area contributed by atoms with Crippen molar-refractivity contribution in [2.75, 3.05) is 6.54 Å². The van der Waals surface area contributed by atoms with Crippen LogP contribution >= 0.6 is 15.9 Å². The quantitative estimate of drug-likeness (QED) is 0.909. The van der Waals surface area contributed by atoms with Crippen LogP contribution in [0.3, 0.4) is 0 Å². The summed E-state index contributed by atoms with van der Waals surface area (Å²) in [5, 5.41) is 0. The molecule has 0 radical (unpaired) electrons. The van der Waals surface area contributed by atoms with Crippen LogP contribution in [0.1, 0.15) is 32.3 Å². The highest BCUT2D eigenvalue weighted by molar-refractivity contribution is 9.10. The van der Waals surface area contributed by atoms with Crippen molar-refractivity contribution in [2.24, 2.45) is 5.73 Å². The minimum atomic E-state index is -0.245. The van der Waals surface area contributed by atoms with Crippen molar-refractivity contribution in [2.45, 2.75) is 44.7 Å². The highest BCUT2D eigenvalue weighted by Gasteiger charge is 2.38. The van der Waals surface area contributed by atoms with E-state index in [9.17, 15) is 4.79 Å². The fraction of sp³-hybridized carbons (Fsp3) is 0.533. The fourth-order valence-corrected chi connectivity index (χ4v) is 2.89. The summed E-state index contributed by atoms with van der Waals surface area (Å²) in [4.78, 5) is 14.4. The summed E-state index contributed by atoms with van der Waals surface area (Å²) in [5.41, 5.74) is 6.95. The Balaban J connectivity index is 2.09. The van der Waals surface area contributed by atoms with Gasteiger partial charge in [0, 0.05) is 17.1 Å². The molecule has 1 aliphatic heterocycles. The molecule has 1 aliphatic rings. The molecule has 0 aromatic heterocycles. The zero-order chi connectivity index (χ0) is 14.0. The number of hydrogen-bond donors (Lipinski definition) is 1. The molecule has 0 saturated carbocycles. The Hall–Kier alpha value is -0.870. The van der Waals surface area contributed by atoms with Crippen LogP contribution in [0.15, 0.2) is 28.7 Å². The van der Waals surface area contributed by atoms with E-state index in [0.717, 1.165) is 29.4 Å². The van der Waals surface area contributed by atoms with Gasteiger partial charge in [-0.2, -0.15) is 0 Å². The molecule has 0 bridgehead atoms. The molecule has 3 nitrogen and oxygen atoms in total. The number of hydrogen-bond acceptors (Lipinski definition) is 2. The molecule has 0 spiro atoms. The summed E-state index contributed by atoms with van der Waals surface area (Å²) in [6.45, 7) is 4.95. The van der Waals surface area contributed by atoms with Gasteiger partial charge in [-0.1, -0.05) is 28.1 Å². The van der Waals surface area contributed by atoms with Crippen LogP contribution in [0.25, 0.3) is 0 Å². The Morgan fingerprint density at radius 1 is 1.42 bits per heavy atom. The second-order valence-electron chi connectivity index (χ2n) is 5.75. The summed E-state index contributed by atoms with van der Waals surface area (Å²) in [6, 6.07) is 7.97. The van der Waals surface area contributed by atoms with Crippen LogP contribution in [0.4, 0.5) is 0 Å². The normalized spacial score (nSPS) is 22.3. The zero-order valence-electron chi connectivity index (χ0n) is 11.5. The van der Waals surface area contributed by atoms with E-state index in [4.69, 9.17) is 5.73 Å². The lowest BCUT2D eigenvalue weighted by Gasteiger charge is -2.46. The monoisotopic (exact) mass is 324 g/mol. The maximum absolute atomic E-state index is 12.5. The number of nitrogens with zero attached hydrogens (tertiary/aromatic N) is 1. The van der Waals surface area contributed by atoms with Gasteiger partial charge in [0.15, 0.2) is 0 Å². The molecular weight excluding hydrogens is 304 g/mol. The van der Waals surface area contributed by atoms with E-state index < -0.39 is 0 Å². The van der Waals surface area contributed by atoms with Gasteiger partial charge >= 0.3 is 0 Å². The highest BCUT2D eigenvalue weighted by atomic mass is 79.9. The van der Waals surface area contributed by atoms with Gasteiger partial charge in [0.25, 0.3) is 0 Å². The Bertz CT molecular complexity index is 456. The lowest BCUT2D eigenvalue weighted by Crippen LogP contribution is -2.61. The third-order valence-electron chi connectivity index (χ3n) is 4.07. The van der Waals surface area contributed by atoms with E-state index in [1.54, 1.807) is 0 Å². The zero-order valence-corrected chi connectivity index (χ0v) is 13.1. The lowest BCUT2D eigenvalue weighted by atomic mass is 9.85. The van der Waals surface area contributed by atoms with Gasteiger partial charge in [-0.3, -0.25) is 4.79 Å². The number of halogens is 1. The fourth-order valence-electron chi connectivity index (χ4n) is 2.63. The summed E-state index contributed by atoms with van der Waals surface area (Å²) in [5.74, 6) is 0.169. The van der Waals surface area contributed by atoms with Crippen molar-refractivity contribution in [3.63, 3.8) is 0 Å². The van der Waals surface area contributed by atoms with Crippen LogP contribution in [0.5, 0.6) is 0 Å². The first-order valence-electron chi connectivity index (χ1n) is 6.72. The summed E-state index contributed by atoms with van der Waals surface area (Å²) < 4.78 is 1.03. The summed E-state index contributed by atoms with van der Waals surface area (Å²) in [7, 11) is 0. The Labute approximate surface area is 123 Å². The molecule has 1 aromatic carbocycles. The first kappa shape index (κ1) is 14.5. The van der Waals surface area contributed by atoms with Crippen LogP contribution in [0, 0.1) is 0 Å². The third kappa shape index (κ3) is 3.18. The van der Waals surface area contributed by atoms with Crippen molar-refractivity contribution in [3.8, 4) is 0 Å². The molecule has 1 heterocycles. The molecular formula is C15H21BrN2O. The second kappa shape index (κ2) is 5.63. The smallest absolute Gasteiger partial charge is 0.227 e. The molecule has 19 heavy (non-hydrogen) atoms. The predicted octanol–water partition coefficient (Wildman–Crippen LogP) is 2.72. The minimum absolute atomic E-state index is 0.0649. The largest absolute Gasteiger partial charge is 0.336 e. The number of benzene rings is 1. The molecule has 2 rings (SSSR count). The van der Waals surface area contributed by atoms with E-state index in [1.807, 2.05) is 29.2 Å². The molecule has 2 N–H and O–H groups in total. The van der Waals surface area contributed by atoms with Crippen molar-refractivity contribution in [1.82, 2.24) is 4.90 Å². The first-order chi connectivity index (χ1) is 8.91. The number of carbonyl (C=O) groups is 1. The van der Waals surface area contributed by atoms with Gasteiger partial charge in [-0.25, -0.2) is 0 Å². The van der Waals surface area contributed by atoms with Gasteiger partial charge in [-0.15, -0.1) is 0 Å². The average molecular weight is 325 g/mol. The average Bonchev–Trinajstić information content (AvgIpc) is 2.35. The van der Waals surface area contributed by atoms with Gasteiger partial charge < -0.3 is 10.6 Å². The van der Waals surface area contributed by atoms with Crippen LogP contribution < -0.4 is 5.73 Å². The topological polar surface area (TPSA) is 46.3 Å². The van der Waals surface area contributed by atoms with Gasteiger partial charge in [0.05, 0.1) is 12.0 Å². The number of rotatable bonds is 2. The van der Waals surface area contributed by atoms with Crippen molar-refractivity contribution in [1.29, 1.82) is 0 Å². The Morgan fingerprint density at radius 2 is 2.05 bits per heavy atom. The summed E-state index contributed by atoms with van der Waals surface area (Å²) >= 11 is 3.40. The Morgan fingerprint density at radius 3 is 2.68 bits per heavy atom. The molecule has 1 fully saturated rings. The van der Waals surface area contributed by atoms with Crippen molar-refractivity contribution < 1.29 is 4.79 Å². The van der Waals surface area contributed by atoms with E-state index in [-0.39, 0.29) is 17.5 Å². The molecule has 0 aliphatic carbocycles. The Kier molecular flexibility index (Phi) is 4.31. The number of carbonyl (C=O) groups excluding carboxylic acids is 1. The number of amides is 1. The SMILES string of the molecule is CC1(C)C(N)CCCN1C(=O)Cc1ccc(Br)cc1. The lowest BCUT2D eigenvalue weighted by molar-refractivity contribution is -0.138. The minimum Gasteiger partial charge on any atom is -0.336 e. The van der Waals surface area contributed by atoms with E-state index >= 15 is 0 Å². The van der Waals surface area contributed by atoms with Crippen molar-refractivity contribution in [3.05, 3.63) is 34.3 Å². The number of likely N-dealkylation sites (tertiary alicyclic amines) is 1. The molecule has 1 amide bonds. The second-order valence-corrected chi connectivity index (χ2v) is 6.67. The maximum atomic E-state index is 12.5. The molecule has 1 atom stereocenters. The highest BCUT2D eigenvalue weighted by Crippen LogP contribution is 2.27. The molecule has 104 valence electrons. The number of nitrogens with two attached hydrogens (primary N) is 1. The van der Waals surface area contributed by atoms with Crippen LogP contribution in [-0.2, 0) is 11.2 Å². The summed E-state index contributed by atoms with van der Waals surface area (Å²) in [6.07, 6.45) is 2.44.